The zero-order valence-corrected chi connectivity index (χ0v) is 9.56. The van der Waals surface area contributed by atoms with Crippen LogP contribution in [0.25, 0.3) is 11.0 Å². The lowest BCUT2D eigenvalue weighted by molar-refractivity contribution is -0.140. The number of nitrogens with one attached hydrogen (secondary N) is 3. The molecular formula is C11H12F3N3O. The lowest BCUT2D eigenvalue weighted by Crippen LogP contribution is -2.23. The second kappa shape index (κ2) is 4.49. The molecular weight excluding hydrogens is 247 g/mol. The zero-order valence-electron chi connectivity index (χ0n) is 9.56. The SMILES string of the molecule is CNC(CC(F)(F)F)c1ccc2[nH]c(=O)[nH]c2c1. The van der Waals surface area contributed by atoms with E-state index in [4.69, 9.17) is 0 Å². The highest BCUT2D eigenvalue weighted by atomic mass is 19.4. The Morgan fingerprint density at radius 2 is 1.94 bits per heavy atom. The monoisotopic (exact) mass is 259 g/mol. The maximum atomic E-state index is 12.4. The minimum absolute atomic E-state index is 0.376. The van der Waals surface area contributed by atoms with E-state index in [1.54, 1.807) is 18.2 Å². The van der Waals surface area contributed by atoms with Gasteiger partial charge in [-0.15, -0.1) is 0 Å². The normalized spacial score (nSPS) is 14.0. The molecule has 2 aromatic rings. The minimum Gasteiger partial charge on any atom is -0.313 e. The Kier molecular flexibility index (Phi) is 3.16. The van der Waals surface area contributed by atoms with E-state index in [2.05, 4.69) is 15.3 Å². The van der Waals surface area contributed by atoms with Gasteiger partial charge in [-0.3, -0.25) is 0 Å². The molecule has 1 atom stereocenters. The van der Waals surface area contributed by atoms with Crippen LogP contribution in [0.15, 0.2) is 23.0 Å². The van der Waals surface area contributed by atoms with Crippen molar-refractivity contribution in [3.05, 3.63) is 34.2 Å². The van der Waals surface area contributed by atoms with Crippen LogP contribution in [0, 0.1) is 0 Å². The number of halogens is 3. The lowest BCUT2D eigenvalue weighted by atomic mass is 10.0. The fraction of sp³-hybridized carbons (Fsp3) is 0.364. The Balaban J connectivity index is 2.36. The molecule has 0 bridgehead atoms. The molecule has 3 N–H and O–H groups in total. The smallest absolute Gasteiger partial charge is 0.313 e. The molecule has 1 aromatic carbocycles. The van der Waals surface area contributed by atoms with Gasteiger partial charge in [0.15, 0.2) is 0 Å². The van der Waals surface area contributed by atoms with Crippen LogP contribution in [0.2, 0.25) is 0 Å². The standard InChI is InChI=1S/C11H12F3N3O/c1-15-9(5-11(12,13)14)6-2-3-7-8(4-6)17-10(18)16-7/h2-4,9,15H,5H2,1H3,(H2,16,17,18). The van der Waals surface area contributed by atoms with Crippen LogP contribution in [0.4, 0.5) is 13.2 Å². The Hall–Kier alpha value is -1.76. The van der Waals surface area contributed by atoms with E-state index < -0.39 is 18.6 Å². The summed E-state index contributed by atoms with van der Waals surface area (Å²) in [5.41, 5.74) is 1.18. The van der Waals surface area contributed by atoms with Crippen molar-refractivity contribution in [1.82, 2.24) is 15.3 Å². The zero-order chi connectivity index (χ0) is 13.3. The van der Waals surface area contributed by atoms with Gasteiger partial charge in [0.2, 0.25) is 0 Å². The van der Waals surface area contributed by atoms with E-state index in [0.29, 0.717) is 16.6 Å². The molecule has 1 unspecified atom stereocenters. The Morgan fingerprint density at radius 3 is 2.56 bits per heavy atom. The van der Waals surface area contributed by atoms with E-state index in [0.717, 1.165) is 0 Å². The molecule has 0 aliphatic rings. The summed E-state index contributed by atoms with van der Waals surface area (Å²) in [6, 6.07) is 3.87. The maximum Gasteiger partial charge on any atom is 0.390 e. The number of hydrogen-bond donors (Lipinski definition) is 3. The highest BCUT2D eigenvalue weighted by Crippen LogP contribution is 2.29. The molecule has 1 aromatic heterocycles. The Labute approximate surface area is 100 Å². The van der Waals surface area contributed by atoms with Crippen molar-refractivity contribution in [2.24, 2.45) is 0 Å². The van der Waals surface area contributed by atoms with Gasteiger partial charge >= 0.3 is 11.9 Å². The van der Waals surface area contributed by atoms with E-state index in [-0.39, 0.29) is 5.69 Å². The van der Waals surface area contributed by atoms with Gasteiger partial charge in [-0.1, -0.05) is 6.07 Å². The predicted octanol–water partition coefficient (Wildman–Crippen LogP) is 2.07. The number of aromatic nitrogens is 2. The summed E-state index contributed by atoms with van der Waals surface area (Å²) in [4.78, 5) is 16.1. The molecule has 7 heteroatoms. The van der Waals surface area contributed by atoms with Crippen molar-refractivity contribution in [3.8, 4) is 0 Å². The van der Waals surface area contributed by atoms with Crippen LogP contribution in [0.1, 0.15) is 18.0 Å². The molecule has 1 heterocycles. The molecule has 18 heavy (non-hydrogen) atoms. The molecule has 98 valence electrons. The fourth-order valence-corrected chi connectivity index (χ4v) is 1.88. The van der Waals surface area contributed by atoms with Crippen molar-refractivity contribution >= 4 is 11.0 Å². The first-order valence-electron chi connectivity index (χ1n) is 5.35. The first-order valence-corrected chi connectivity index (χ1v) is 5.35. The molecule has 0 aliphatic carbocycles. The third-order valence-corrected chi connectivity index (χ3v) is 2.73. The molecule has 2 rings (SSSR count). The van der Waals surface area contributed by atoms with Gasteiger partial charge in [0.25, 0.3) is 0 Å². The van der Waals surface area contributed by atoms with Crippen molar-refractivity contribution in [1.29, 1.82) is 0 Å². The number of alkyl halides is 3. The topological polar surface area (TPSA) is 60.7 Å². The first-order chi connectivity index (χ1) is 8.39. The average molecular weight is 259 g/mol. The first kappa shape index (κ1) is 12.7. The quantitative estimate of drug-likeness (QED) is 0.790. The van der Waals surface area contributed by atoms with Crippen LogP contribution in [-0.4, -0.2) is 23.2 Å². The number of hydrogen-bond acceptors (Lipinski definition) is 2. The number of rotatable bonds is 3. The van der Waals surface area contributed by atoms with Crippen molar-refractivity contribution in [2.75, 3.05) is 7.05 Å². The van der Waals surface area contributed by atoms with Crippen molar-refractivity contribution < 1.29 is 13.2 Å². The summed E-state index contributed by atoms with van der Waals surface area (Å²) in [5, 5.41) is 2.62. The third-order valence-electron chi connectivity index (χ3n) is 2.73. The van der Waals surface area contributed by atoms with Crippen LogP contribution < -0.4 is 11.0 Å². The van der Waals surface area contributed by atoms with Gasteiger partial charge in [0.1, 0.15) is 0 Å². The molecule has 0 spiro atoms. The van der Waals surface area contributed by atoms with Gasteiger partial charge in [0.05, 0.1) is 17.5 Å². The summed E-state index contributed by atoms with van der Waals surface area (Å²) in [6.07, 6.45) is -5.20. The third kappa shape index (κ3) is 2.73. The van der Waals surface area contributed by atoms with Crippen LogP contribution >= 0.6 is 0 Å². The highest BCUT2D eigenvalue weighted by molar-refractivity contribution is 5.75. The number of imidazole rings is 1. The molecule has 0 saturated carbocycles. The van der Waals surface area contributed by atoms with E-state index in [9.17, 15) is 18.0 Å². The second-order valence-electron chi connectivity index (χ2n) is 4.04. The lowest BCUT2D eigenvalue weighted by Gasteiger charge is -2.18. The summed E-state index contributed by atoms with van der Waals surface area (Å²) in [7, 11) is 1.47. The maximum absolute atomic E-state index is 12.4. The molecule has 4 nitrogen and oxygen atoms in total. The largest absolute Gasteiger partial charge is 0.390 e. The molecule has 0 aliphatic heterocycles. The summed E-state index contributed by atoms with van der Waals surface area (Å²) < 4.78 is 37.2. The van der Waals surface area contributed by atoms with Gasteiger partial charge in [-0.2, -0.15) is 13.2 Å². The van der Waals surface area contributed by atoms with E-state index in [1.807, 2.05) is 0 Å². The van der Waals surface area contributed by atoms with Crippen LogP contribution in [0.3, 0.4) is 0 Å². The van der Waals surface area contributed by atoms with Gasteiger partial charge < -0.3 is 15.3 Å². The van der Waals surface area contributed by atoms with Crippen molar-refractivity contribution in [2.45, 2.75) is 18.6 Å². The van der Waals surface area contributed by atoms with E-state index >= 15 is 0 Å². The summed E-state index contributed by atoms with van der Waals surface area (Å²) in [6.45, 7) is 0. The highest BCUT2D eigenvalue weighted by Gasteiger charge is 2.32. The second-order valence-corrected chi connectivity index (χ2v) is 4.04. The number of benzene rings is 1. The minimum atomic E-state index is -4.24. The van der Waals surface area contributed by atoms with Gasteiger partial charge in [-0.25, -0.2) is 4.79 Å². The fourth-order valence-electron chi connectivity index (χ4n) is 1.88. The predicted molar refractivity (Wildman–Crippen MR) is 61.4 cm³/mol. The van der Waals surface area contributed by atoms with Gasteiger partial charge in [0, 0.05) is 6.04 Å². The molecule has 0 radical (unpaired) electrons. The van der Waals surface area contributed by atoms with Gasteiger partial charge in [-0.05, 0) is 24.7 Å². The molecule has 0 amide bonds. The Morgan fingerprint density at radius 1 is 1.28 bits per heavy atom. The molecule has 0 saturated heterocycles. The summed E-state index contributed by atoms with van der Waals surface area (Å²) >= 11 is 0. The van der Waals surface area contributed by atoms with Crippen LogP contribution in [-0.2, 0) is 0 Å². The van der Waals surface area contributed by atoms with Crippen LogP contribution in [0.5, 0.6) is 0 Å². The number of H-pyrrole nitrogens is 2. The average Bonchev–Trinajstić information content (AvgIpc) is 2.63. The number of fused-ring (bicyclic) bond motifs is 1. The van der Waals surface area contributed by atoms with Crippen molar-refractivity contribution in [3.63, 3.8) is 0 Å². The van der Waals surface area contributed by atoms with E-state index in [1.165, 1.54) is 7.05 Å². The molecule has 0 fully saturated rings. The summed E-state index contributed by atoms with van der Waals surface area (Å²) in [5.74, 6) is 0. The number of aromatic amines is 2. The Bertz CT molecular complexity index is 599.